The third-order valence-corrected chi connectivity index (χ3v) is 5.13. The number of nitrogens with zero attached hydrogens (tertiary/aromatic N) is 4. The summed E-state index contributed by atoms with van der Waals surface area (Å²) >= 11 is 1.63. The van der Waals surface area contributed by atoms with Crippen LogP contribution < -0.4 is 0 Å². The van der Waals surface area contributed by atoms with Gasteiger partial charge in [0.1, 0.15) is 11.2 Å². The van der Waals surface area contributed by atoms with Crippen LogP contribution in [0.2, 0.25) is 0 Å². The summed E-state index contributed by atoms with van der Waals surface area (Å²) in [6.45, 7) is 4.75. The first-order valence-electron chi connectivity index (χ1n) is 7.43. The monoisotopic (exact) mass is 332 g/mol. The fourth-order valence-electron chi connectivity index (χ4n) is 2.91. The first-order valence-corrected chi connectivity index (χ1v) is 8.25. The molecule has 1 aliphatic heterocycles. The number of aliphatic carboxylic acids is 1. The Morgan fingerprint density at radius 3 is 3.13 bits per heavy atom. The number of fused-ring (bicyclic) bond motifs is 5. The first kappa shape index (κ1) is 14.5. The second-order valence-corrected chi connectivity index (χ2v) is 7.43. The van der Waals surface area contributed by atoms with Crippen molar-refractivity contribution in [3.05, 3.63) is 22.6 Å². The fourth-order valence-corrected chi connectivity index (χ4v) is 3.98. The van der Waals surface area contributed by atoms with E-state index in [0.717, 1.165) is 22.3 Å². The van der Waals surface area contributed by atoms with Gasteiger partial charge in [0.05, 0.1) is 24.0 Å². The Hall–Kier alpha value is -2.06. The van der Waals surface area contributed by atoms with Gasteiger partial charge in [-0.3, -0.25) is 4.79 Å². The molecule has 8 heteroatoms. The van der Waals surface area contributed by atoms with Gasteiger partial charge in [-0.05, 0) is 19.4 Å². The van der Waals surface area contributed by atoms with Crippen molar-refractivity contribution < 1.29 is 14.6 Å². The minimum atomic E-state index is -0.848. The number of carbonyl (C=O) groups is 1. The van der Waals surface area contributed by atoms with Crippen molar-refractivity contribution in [2.75, 3.05) is 0 Å². The number of aryl methyl sites for hydroxylation is 1. The lowest BCUT2D eigenvalue weighted by molar-refractivity contribution is -0.137. The molecule has 0 fully saturated rings. The van der Waals surface area contributed by atoms with Gasteiger partial charge in [0.2, 0.25) is 0 Å². The molecule has 0 amide bonds. The van der Waals surface area contributed by atoms with Crippen LogP contribution in [0, 0.1) is 0 Å². The molecule has 4 rings (SSSR count). The van der Waals surface area contributed by atoms with Crippen LogP contribution in [-0.2, 0) is 29.0 Å². The molecule has 0 saturated carbocycles. The number of aromatic nitrogens is 4. The van der Waals surface area contributed by atoms with E-state index in [2.05, 4.69) is 28.9 Å². The van der Waals surface area contributed by atoms with E-state index in [0.29, 0.717) is 18.9 Å². The number of hydrogen-bond acceptors (Lipinski definition) is 6. The SMILES string of the molecule is CC1(C)Cc2c(sc3ncn4nc(CCC(=O)O)nc4c23)CO1. The third-order valence-electron chi connectivity index (χ3n) is 4.01. The van der Waals surface area contributed by atoms with Gasteiger partial charge in [-0.15, -0.1) is 16.4 Å². The molecule has 0 spiro atoms. The van der Waals surface area contributed by atoms with E-state index in [1.807, 2.05) is 0 Å². The van der Waals surface area contributed by atoms with Gasteiger partial charge in [-0.25, -0.2) is 14.5 Å². The number of carboxylic acid groups (broad SMARTS) is 1. The minimum Gasteiger partial charge on any atom is -0.481 e. The number of carboxylic acids is 1. The predicted octanol–water partition coefficient (Wildman–Crippen LogP) is 2.21. The predicted molar refractivity (Wildman–Crippen MR) is 84.7 cm³/mol. The van der Waals surface area contributed by atoms with Crippen molar-refractivity contribution in [3.63, 3.8) is 0 Å². The number of rotatable bonds is 3. The molecular formula is C15H16N4O3S. The van der Waals surface area contributed by atoms with E-state index in [9.17, 15) is 4.79 Å². The maximum Gasteiger partial charge on any atom is 0.303 e. The summed E-state index contributed by atoms with van der Waals surface area (Å²) in [6, 6.07) is 0. The topological polar surface area (TPSA) is 89.6 Å². The lowest BCUT2D eigenvalue weighted by Crippen LogP contribution is -2.31. The Morgan fingerprint density at radius 2 is 2.35 bits per heavy atom. The van der Waals surface area contributed by atoms with Crippen LogP contribution in [0.15, 0.2) is 6.33 Å². The van der Waals surface area contributed by atoms with Crippen molar-refractivity contribution in [3.8, 4) is 0 Å². The van der Waals surface area contributed by atoms with E-state index in [1.54, 1.807) is 22.2 Å². The van der Waals surface area contributed by atoms with Crippen LogP contribution in [0.1, 0.15) is 36.5 Å². The Bertz CT molecular complexity index is 928. The summed E-state index contributed by atoms with van der Waals surface area (Å²) in [7, 11) is 0. The van der Waals surface area contributed by atoms with Gasteiger partial charge in [-0.2, -0.15) is 0 Å². The molecule has 3 aromatic heterocycles. The molecule has 0 unspecified atom stereocenters. The number of thiophene rings is 1. The smallest absolute Gasteiger partial charge is 0.303 e. The van der Waals surface area contributed by atoms with Crippen molar-refractivity contribution in [1.29, 1.82) is 0 Å². The van der Waals surface area contributed by atoms with E-state index in [1.165, 1.54) is 10.4 Å². The molecule has 0 radical (unpaired) electrons. The van der Waals surface area contributed by atoms with Gasteiger partial charge < -0.3 is 9.84 Å². The van der Waals surface area contributed by atoms with Gasteiger partial charge in [0, 0.05) is 17.7 Å². The maximum atomic E-state index is 10.7. The van der Waals surface area contributed by atoms with Crippen LogP contribution in [0.4, 0.5) is 0 Å². The molecule has 0 saturated heterocycles. The molecule has 23 heavy (non-hydrogen) atoms. The van der Waals surface area contributed by atoms with E-state index in [-0.39, 0.29) is 12.0 Å². The standard InChI is InChI=1S/C15H16N4O3S/c1-15(2)5-8-9(6-22-15)23-14-12(8)13-17-10(3-4-11(20)21)18-19(13)7-16-14/h7H,3-6H2,1-2H3,(H,20,21). The van der Waals surface area contributed by atoms with Gasteiger partial charge in [0.25, 0.3) is 0 Å². The summed E-state index contributed by atoms with van der Waals surface area (Å²) in [5.41, 5.74) is 1.78. The summed E-state index contributed by atoms with van der Waals surface area (Å²) in [6.07, 6.45) is 2.79. The van der Waals surface area contributed by atoms with E-state index < -0.39 is 5.97 Å². The van der Waals surface area contributed by atoms with Gasteiger partial charge >= 0.3 is 5.97 Å². The van der Waals surface area contributed by atoms with E-state index in [4.69, 9.17) is 9.84 Å². The molecule has 0 aromatic carbocycles. The van der Waals surface area contributed by atoms with Crippen LogP contribution in [0.5, 0.6) is 0 Å². The highest BCUT2D eigenvalue weighted by Gasteiger charge is 2.30. The average molecular weight is 332 g/mol. The highest BCUT2D eigenvalue weighted by molar-refractivity contribution is 7.19. The fraction of sp³-hybridized carbons (Fsp3) is 0.467. The van der Waals surface area contributed by atoms with Gasteiger partial charge in [0.15, 0.2) is 11.5 Å². The molecule has 4 heterocycles. The first-order chi connectivity index (χ1) is 10.9. The zero-order chi connectivity index (χ0) is 16.2. The van der Waals surface area contributed by atoms with Gasteiger partial charge in [-0.1, -0.05) is 0 Å². The van der Waals surface area contributed by atoms with Crippen LogP contribution in [0.25, 0.3) is 15.9 Å². The van der Waals surface area contributed by atoms with Crippen LogP contribution in [0.3, 0.4) is 0 Å². The van der Waals surface area contributed by atoms with Crippen molar-refractivity contribution in [2.24, 2.45) is 0 Å². The average Bonchev–Trinajstić information content (AvgIpc) is 3.03. The van der Waals surface area contributed by atoms with Crippen molar-refractivity contribution in [1.82, 2.24) is 19.6 Å². The summed E-state index contributed by atoms with van der Waals surface area (Å²) in [5, 5.41) is 14.2. The Kier molecular flexibility index (Phi) is 3.14. The largest absolute Gasteiger partial charge is 0.481 e. The molecular weight excluding hydrogens is 316 g/mol. The van der Waals surface area contributed by atoms with Crippen molar-refractivity contribution >= 4 is 33.2 Å². The zero-order valence-electron chi connectivity index (χ0n) is 12.9. The molecule has 0 atom stereocenters. The van der Waals surface area contributed by atoms with Crippen LogP contribution in [-0.4, -0.2) is 36.3 Å². The third kappa shape index (κ3) is 2.47. The highest BCUT2D eigenvalue weighted by Crippen LogP contribution is 2.39. The molecule has 1 N–H and O–H groups in total. The normalized spacial score (nSPS) is 16.8. The minimum absolute atomic E-state index is 0.0239. The second-order valence-electron chi connectivity index (χ2n) is 6.34. The molecule has 3 aromatic rings. The highest BCUT2D eigenvalue weighted by atomic mass is 32.1. The van der Waals surface area contributed by atoms with Crippen LogP contribution >= 0.6 is 11.3 Å². The Labute approximate surface area is 135 Å². The quantitative estimate of drug-likeness (QED) is 0.791. The van der Waals surface area contributed by atoms with E-state index >= 15 is 0 Å². The summed E-state index contributed by atoms with van der Waals surface area (Å²) < 4.78 is 7.53. The van der Waals surface area contributed by atoms with Crippen molar-refractivity contribution in [2.45, 2.75) is 45.3 Å². The number of ether oxygens (including phenoxy) is 1. The number of hydrogen-bond donors (Lipinski definition) is 1. The Balaban J connectivity index is 1.87. The molecule has 120 valence electrons. The lowest BCUT2D eigenvalue weighted by atomic mass is 9.94. The molecule has 7 nitrogen and oxygen atoms in total. The molecule has 0 aliphatic carbocycles. The summed E-state index contributed by atoms with van der Waals surface area (Å²) in [4.78, 5) is 21.9. The molecule has 0 bridgehead atoms. The molecule has 1 aliphatic rings. The maximum absolute atomic E-state index is 10.7. The Morgan fingerprint density at radius 1 is 1.52 bits per heavy atom. The zero-order valence-corrected chi connectivity index (χ0v) is 13.7. The second kappa shape index (κ2) is 4.97. The summed E-state index contributed by atoms with van der Waals surface area (Å²) in [5.74, 6) is -0.313. The lowest BCUT2D eigenvalue weighted by Gasteiger charge is -2.30.